The molecule has 0 radical (unpaired) electrons. The highest BCUT2D eigenvalue weighted by Gasteiger charge is 2.24. The average Bonchev–Trinajstić information content (AvgIpc) is 2.32. The molecule has 3 nitrogen and oxygen atoms in total. The summed E-state index contributed by atoms with van der Waals surface area (Å²) >= 11 is 0. The minimum atomic E-state index is 0.749. The van der Waals surface area contributed by atoms with Gasteiger partial charge in [-0.1, -0.05) is 19.8 Å². The van der Waals surface area contributed by atoms with Crippen molar-refractivity contribution in [2.45, 2.75) is 45.1 Å². The summed E-state index contributed by atoms with van der Waals surface area (Å²) in [7, 11) is 4.02. The molecule has 0 amide bonds. The Kier molecular flexibility index (Phi) is 7.82. The molecule has 0 aromatic heterocycles. The van der Waals surface area contributed by atoms with Gasteiger partial charge in [0.1, 0.15) is 0 Å². The van der Waals surface area contributed by atoms with Crippen molar-refractivity contribution in [2.24, 2.45) is 5.92 Å². The molecule has 1 aliphatic carbocycles. The highest BCUT2D eigenvalue weighted by Crippen LogP contribution is 2.25. The Morgan fingerprint density at radius 1 is 1.29 bits per heavy atom. The van der Waals surface area contributed by atoms with E-state index in [4.69, 9.17) is 4.74 Å². The predicted octanol–water partition coefficient (Wildman–Crippen LogP) is 2.12. The van der Waals surface area contributed by atoms with Crippen molar-refractivity contribution in [3.05, 3.63) is 0 Å². The Hall–Kier alpha value is -0.120. The fourth-order valence-electron chi connectivity index (χ4n) is 2.93. The quantitative estimate of drug-likeness (QED) is 0.660. The molecule has 0 aliphatic heterocycles. The average molecular weight is 242 g/mol. The minimum Gasteiger partial charge on any atom is -0.385 e. The van der Waals surface area contributed by atoms with Gasteiger partial charge in [-0.25, -0.2) is 0 Å². The first-order chi connectivity index (χ1) is 8.27. The molecule has 0 saturated heterocycles. The number of ether oxygens (including phenoxy) is 1. The largest absolute Gasteiger partial charge is 0.385 e. The van der Waals surface area contributed by atoms with Crippen LogP contribution in [-0.2, 0) is 4.74 Å². The van der Waals surface area contributed by atoms with Gasteiger partial charge in [-0.3, -0.25) is 0 Å². The van der Waals surface area contributed by atoms with E-state index < -0.39 is 0 Å². The lowest BCUT2D eigenvalue weighted by atomic mass is 9.84. The normalized spacial score (nSPS) is 25.4. The van der Waals surface area contributed by atoms with Crippen LogP contribution in [0.1, 0.15) is 39.0 Å². The predicted molar refractivity (Wildman–Crippen MR) is 73.4 cm³/mol. The van der Waals surface area contributed by atoms with Gasteiger partial charge in [0, 0.05) is 32.8 Å². The van der Waals surface area contributed by atoms with Crippen LogP contribution >= 0.6 is 0 Å². The van der Waals surface area contributed by atoms with Gasteiger partial charge in [-0.05, 0) is 38.8 Å². The first-order valence-corrected chi connectivity index (χ1v) is 7.18. The molecule has 0 bridgehead atoms. The molecule has 3 heteroatoms. The first-order valence-electron chi connectivity index (χ1n) is 7.18. The maximum Gasteiger partial charge on any atom is 0.0474 e. The Morgan fingerprint density at radius 2 is 2.06 bits per heavy atom. The lowest BCUT2D eigenvalue weighted by Crippen LogP contribution is -2.43. The Bertz CT molecular complexity index is 185. The van der Waals surface area contributed by atoms with E-state index >= 15 is 0 Å². The van der Waals surface area contributed by atoms with Gasteiger partial charge in [0.05, 0.1) is 0 Å². The van der Waals surface area contributed by atoms with E-state index in [0.717, 1.165) is 38.1 Å². The lowest BCUT2D eigenvalue weighted by molar-refractivity contribution is 0.158. The molecule has 102 valence electrons. The standard InChI is InChI=1S/C14H30N2O/c1-4-15-14-9-6-5-8-13(14)12-16(2)10-7-11-17-3/h13-15H,4-12H2,1-3H3. The van der Waals surface area contributed by atoms with Gasteiger partial charge in [-0.2, -0.15) is 0 Å². The molecular weight excluding hydrogens is 212 g/mol. The fraction of sp³-hybridized carbons (Fsp3) is 1.00. The molecule has 1 aliphatic rings. The van der Waals surface area contributed by atoms with E-state index in [0.29, 0.717) is 0 Å². The molecule has 1 fully saturated rings. The van der Waals surface area contributed by atoms with Crippen molar-refractivity contribution in [1.29, 1.82) is 0 Å². The Labute approximate surface area is 107 Å². The van der Waals surface area contributed by atoms with E-state index in [9.17, 15) is 0 Å². The number of nitrogens with one attached hydrogen (secondary N) is 1. The van der Waals surface area contributed by atoms with Crippen LogP contribution in [0.2, 0.25) is 0 Å². The van der Waals surface area contributed by atoms with E-state index in [-0.39, 0.29) is 0 Å². The number of methoxy groups -OCH3 is 1. The summed E-state index contributed by atoms with van der Waals surface area (Å²) in [5.74, 6) is 0.844. The molecule has 1 rings (SSSR count). The Morgan fingerprint density at radius 3 is 2.76 bits per heavy atom. The third-order valence-electron chi connectivity index (χ3n) is 3.81. The van der Waals surface area contributed by atoms with Crippen molar-refractivity contribution in [3.63, 3.8) is 0 Å². The zero-order valence-electron chi connectivity index (χ0n) is 11.9. The van der Waals surface area contributed by atoms with Gasteiger partial charge >= 0.3 is 0 Å². The summed E-state index contributed by atoms with van der Waals surface area (Å²) in [6.45, 7) is 6.60. The molecule has 0 aromatic carbocycles. The van der Waals surface area contributed by atoms with E-state index in [1.807, 2.05) is 0 Å². The van der Waals surface area contributed by atoms with Gasteiger partial charge in [0.25, 0.3) is 0 Å². The molecule has 1 saturated carbocycles. The third-order valence-corrected chi connectivity index (χ3v) is 3.81. The van der Waals surface area contributed by atoms with Crippen LogP contribution in [0.5, 0.6) is 0 Å². The van der Waals surface area contributed by atoms with E-state index in [1.165, 1.54) is 32.2 Å². The topological polar surface area (TPSA) is 24.5 Å². The summed E-state index contributed by atoms with van der Waals surface area (Å²) in [6.07, 6.45) is 6.72. The summed E-state index contributed by atoms with van der Waals surface area (Å²) in [4.78, 5) is 2.47. The zero-order valence-corrected chi connectivity index (χ0v) is 11.9. The highest BCUT2D eigenvalue weighted by atomic mass is 16.5. The van der Waals surface area contributed by atoms with Gasteiger partial charge in [0.2, 0.25) is 0 Å². The Balaban J connectivity index is 2.25. The summed E-state index contributed by atoms with van der Waals surface area (Å²) in [5.41, 5.74) is 0. The van der Waals surface area contributed by atoms with Crippen LogP contribution in [0.25, 0.3) is 0 Å². The third kappa shape index (κ3) is 5.84. The first kappa shape index (κ1) is 14.9. The zero-order chi connectivity index (χ0) is 12.5. The van der Waals surface area contributed by atoms with Crippen molar-refractivity contribution in [3.8, 4) is 0 Å². The number of rotatable bonds is 8. The molecule has 0 aromatic rings. The van der Waals surface area contributed by atoms with Crippen molar-refractivity contribution < 1.29 is 4.74 Å². The molecule has 0 spiro atoms. The molecular formula is C14H30N2O. The molecule has 2 atom stereocenters. The maximum atomic E-state index is 5.10. The van der Waals surface area contributed by atoms with E-state index in [1.54, 1.807) is 7.11 Å². The highest BCUT2D eigenvalue weighted by molar-refractivity contribution is 4.82. The van der Waals surface area contributed by atoms with Crippen LogP contribution in [0, 0.1) is 5.92 Å². The van der Waals surface area contributed by atoms with E-state index in [2.05, 4.69) is 24.2 Å². The minimum absolute atomic E-state index is 0.749. The number of hydrogen-bond acceptors (Lipinski definition) is 3. The molecule has 1 N–H and O–H groups in total. The second kappa shape index (κ2) is 8.90. The van der Waals surface area contributed by atoms with Crippen LogP contribution < -0.4 is 5.32 Å². The molecule has 0 heterocycles. The van der Waals surface area contributed by atoms with Crippen LogP contribution in [0.3, 0.4) is 0 Å². The monoisotopic (exact) mass is 242 g/mol. The lowest BCUT2D eigenvalue weighted by Gasteiger charge is -2.34. The fourth-order valence-corrected chi connectivity index (χ4v) is 2.93. The number of nitrogens with zero attached hydrogens (tertiary/aromatic N) is 1. The SMILES string of the molecule is CCNC1CCCCC1CN(C)CCCOC. The van der Waals surface area contributed by atoms with Crippen molar-refractivity contribution in [1.82, 2.24) is 10.2 Å². The summed E-state index contributed by atoms with van der Waals surface area (Å²) in [6, 6.07) is 0.749. The van der Waals surface area contributed by atoms with Crippen LogP contribution in [0.4, 0.5) is 0 Å². The smallest absolute Gasteiger partial charge is 0.0474 e. The number of hydrogen-bond donors (Lipinski definition) is 1. The second-order valence-corrected chi connectivity index (χ2v) is 5.32. The maximum absolute atomic E-state index is 5.10. The molecule has 17 heavy (non-hydrogen) atoms. The van der Waals surface area contributed by atoms with Crippen LogP contribution in [0.15, 0.2) is 0 Å². The van der Waals surface area contributed by atoms with Gasteiger partial charge in [-0.15, -0.1) is 0 Å². The second-order valence-electron chi connectivity index (χ2n) is 5.32. The van der Waals surface area contributed by atoms with Crippen molar-refractivity contribution >= 4 is 0 Å². The van der Waals surface area contributed by atoms with Crippen LogP contribution in [-0.4, -0.2) is 51.3 Å². The summed E-state index contributed by atoms with van der Waals surface area (Å²) in [5, 5.41) is 3.66. The van der Waals surface area contributed by atoms with Gasteiger partial charge in [0.15, 0.2) is 0 Å². The van der Waals surface area contributed by atoms with Gasteiger partial charge < -0.3 is 15.0 Å². The molecule has 2 unspecified atom stereocenters. The van der Waals surface area contributed by atoms with Crippen molar-refractivity contribution in [2.75, 3.05) is 40.4 Å². The summed E-state index contributed by atoms with van der Waals surface area (Å²) < 4.78 is 5.10.